The highest BCUT2D eigenvalue weighted by Crippen LogP contribution is 2.33. The average Bonchev–Trinajstić information content (AvgIpc) is 3.26. The number of methoxy groups -OCH3 is 1. The summed E-state index contributed by atoms with van der Waals surface area (Å²) >= 11 is 7.37. The number of halogens is 1. The number of hydrogen-bond acceptors (Lipinski definition) is 6. The normalized spacial score (nSPS) is 19.4. The van der Waals surface area contributed by atoms with Crippen molar-refractivity contribution < 1.29 is 19.7 Å². The second-order valence-electron chi connectivity index (χ2n) is 8.51. The number of likely N-dealkylation sites (tertiary alicyclic amines) is 1. The van der Waals surface area contributed by atoms with Crippen LogP contribution >= 0.6 is 22.9 Å². The van der Waals surface area contributed by atoms with Gasteiger partial charge < -0.3 is 14.9 Å². The molecule has 1 fully saturated rings. The van der Waals surface area contributed by atoms with Crippen LogP contribution in [0.15, 0.2) is 42.6 Å². The van der Waals surface area contributed by atoms with Gasteiger partial charge >= 0.3 is 5.97 Å². The average molecular weight is 499 g/mol. The summed E-state index contributed by atoms with van der Waals surface area (Å²) in [7, 11) is 1.61. The van der Waals surface area contributed by atoms with Crippen LogP contribution < -0.4 is 4.74 Å². The number of aliphatic hydroxyl groups is 1. The Balaban J connectivity index is 1.38. The molecule has 34 heavy (non-hydrogen) atoms. The zero-order valence-corrected chi connectivity index (χ0v) is 20.5. The zero-order chi connectivity index (χ0) is 24.1. The summed E-state index contributed by atoms with van der Waals surface area (Å²) in [6, 6.07) is 11.1. The quantitative estimate of drug-likeness (QED) is 0.453. The first-order valence-electron chi connectivity index (χ1n) is 11.2. The zero-order valence-electron chi connectivity index (χ0n) is 18.9. The van der Waals surface area contributed by atoms with Gasteiger partial charge in [-0.2, -0.15) is 0 Å². The molecule has 0 amide bonds. The molecule has 0 spiro atoms. The lowest BCUT2D eigenvalue weighted by molar-refractivity contribution is -0.146. The van der Waals surface area contributed by atoms with Crippen LogP contribution in [0.5, 0.6) is 5.75 Å². The minimum atomic E-state index is -0.790. The summed E-state index contributed by atoms with van der Waals surface area (Å²) in [5.41, 5.74) is 1.58. The summed E-state index contributed by atoms with van der Waals surface area (Å²) in [5.74, 6) is 5.68. The number of carbonyl (C=O) groups is 1. The molecule has 178 valence electrons. The van der Waals surface area contributed by atoms with Gasteiger partial charge in [0.2, 0.25) is 0 Å². The fourth-order valence-electron chi connectivity index (χ4n) is 4.55. The maximum absolute atomic E-state index is 12.0. The lowest BCUT2D eigenvalue weighted by Gasteiger charge is -2.36. The molecule has 1 aromatic carbocycles. The Bertz CT molecular complexity index is 1220. The van der Waals surface area contributed by atoms with Gasteiger partial charge in [-0.25, -0.2) is 0 Å². The second-order valence-corrected chi connectivity index (χ2v) is 10.2. The molecule has 0 saturated carbocycles. The van der Waals surface area contributed by atoms with E-state index >= 15 is 0 Å². The molecule has 4 rings (SSSR count). The van der Waals surface area contributed by atoms with Crippen LogP contribution in [0, 0.1) is 23.7 Å². The molecular weight excluding hydrogens is 472 g/mol. The van der Waals surface area contributed by atoms with Crippen LogP contribution in [0.3, 0.4) is 0 Å². The van der Waals surface area contributed by atoms with Crippen LogP contribution in [0.4, 0.5) is 0 Å². The van der Waals surface area contributed by atoms with E-state index in [-0.39, 0.29) is 5.92 Å². The van der Waals surface area contributed by atoms with E-state index in [0.717, 1.165) is 34.3 Å². The smallest absolute Gasteiger partial charge is 0.308 e. The largest absolute Gasteiger partial charge is 0.497 e. The number of thiophene rings is 1. The lowest BCUT2D eigenvalue weighted by Crippen LogP contribution is -2.44. The van der Waals surface area contributed by atoms with Crippen LogP contribution in [0.2, 0.25) is 4.34 Å². The number of piperidine rings is 1. The molecular formula is C26H27ClN2O4S. The van der Waals surface area contributed by atoms with Crippen LogP contribution in [0.1, 0.15) is 35.8 Å². The van der Waals surface area contributed by atoms with E-state index < -0.39 is 18.0 Å². The van der Waals surface area contributed by atoms with Gasteiger partial charge in [0.15, 0.2) is 0 Å². The van der Waals surface area contributed by atoms with Crippen LogP contribution in [0.25, 0.3) is 10.9 Å². The monoisotopic (exact) mass is 498 g/mol. The lowest BCUT2D eigenvalue weighted by atomic mass is 9.81. The van der Waals surface area contributed by atoms with Gasteiger partial charge in [0.05, 0.1) is 40.4 Å². The number of ether oxygens (including phenoxy) is 1. The van der Waals surface area contributed by atoms with Crippen molar-refractivity contribution in [2.24, 2.45) is 11.8 Å². The second kappa shape index (κ2) is 11.2. The molecule has 1 aliphatic rings. The molecule has 8 heteroatoms. The number of benzene rings is 1. The standard InChI is InChI=1S/C26H27ClN2O4S/c1-33-18-5-7-23-21(15-18)20(10-12-28-23)24(30)8-4-17-11-14-29(16-22(17)26(31)32)13-2-3-19-6-9-25(27)34-19/h5-7,9-10,12,15,17,22,24,30H,4,8,11,13-14,16H2,1H3,(H,31,32)/t17-,22+,24-/m1/s1. The Hall–Kier alpha value is -2.63. The Morgan fingerprint density at radius 3 is 2.94 bits per heavy atom. The number of aromatic nitrogens is 1. The van der Waals surface area contributed by atoms with Crippen molar-refractivity contribution in [1.29, 1.82) is 0 Å². The molecule has 2 aromatic heterocycles. The van der Waals surface area contributed by atoms with E-state index in [2.05, 4.69) is 21.7 Å². The van der Waals surface area contributed by atoms with Crippen molar-refractivity contribution in [3.8, 4) is 17.6 Å². The van der Waals surface area contributed by atoms with Gasteiger partial charge in [-0.3, -0.25) is 14.7 Å². The summed E-state index contributed by atoms with van der Waals surface area (Å²) < 4.78 is 6.03. The molecule has 1 saturated heterocycles. The van der Waals surface area contributed by atoms with E-state index in [0.29, 0.717) is 36.0 Å². The Labute approximate surface area is 208 Å². The molecule has 0 unspecified atom stereocenters. The van der Waals surface area contributed by atoms with E-state index in [4.69, 9.17) is 16.3 Å². The molecule has 0 aliphatic carbocycles. The molecule has 3 heterocycles. The van der Waals surface area contributed by atoms with Crippen molar-refractivity contribution in [2.45, 2.75) is 25.4 Å². The third-order valence-electron chi connectivity index (χ3n) is 6.40. The molecule has 2 N–H and O–H groups in total. The van der Waals surface area contributed by atoms with Crippen LogP contribution in [-0.4, -0.2) is 52.8 Å². The number of pyridine rings is 1. The Kier molecular flexibility index (Phi) is 8.07. The number of carboxylic acids is 1. The number of rotatable bonds is 7. The SMILES string of the molecule is COc1ccc2nccc([C@H](O)CC[C@@H]3CCN(CC#Cc4ccc(Cl)s4)C[C@@H]3C(=O)O)c2c1. The third-order valence-corrected chi connectivity index (χ3v) is 7.54. The summed E-state index contributed by atoms with van der Waals surface area (Å²) in [4.78, 5) is 19.4. The summed E-state index contributed by atoms with van der Waals surface area (Å²) in [6.45, 7) is 1.78. The maximum atomic E-state index is 12.0. The number of fused-ring (bicyclic) bond motifs is 1. The molecule has 0 bridgehead atoms. The van der Waals surface area contributed by atoms with Crippen molar-refractivity contribution in [2.75, 3.05) is 26.7 Å². The molecule has 3 aromatic rings. The van der Waals surface area contributed by atoms with Crippen molar-refractivity contribution >= 4 is 39.8 Å². The van der Waals surface area contributed by atoms with E-state index in [1.807, 2.05) is 36.4 Å². The molecule has 1 aliphatic heterocycles. The predicted molar refractivity (Wildman–Crippen MR) is 134 cm³/mol. The van der Waals surface area contributed by atoms with Crippen molar-refractivity contribution in [3.63, 3.8) is 0 Å². The molecule has 0 radical (unpaired) electrons. The highest BCUT2D eigenvalue weighted by Gasteiger charge is 2.34. The van der Waals surface area contributed by atoms with Gasteiger partial charge in [-0.15, -0.1) is 11.3 Å². The van der Waals surface area contributed by atoms with Crippen LogP contribution in [-0.2, 0) is 4.79 Å². The fourth-order valence-corrected chi connectivity index (χ4v) is 5.47. The summed E-state index contributed by atoms with van der Waals surface area (Å²) in [6.07, 6.45) is 2.88. The van der Waals surface area contributed by atoms with Gasteiger partial charge in [0.25, 0.3) is 0 Å². The fraction of sp³-hybridized carbons (Fsp3) is 0.385. The van der Waals surface area contributed by atoms with Crippen molar-refractivity contribution in [3.05, 3.63) is 57.4 Å². The van der Waals surface area contributed by atoms with E-state index in [9.17, 15) is 15.0 Å². The number of hydrogen-bond donors (Lipinski definition) is 2. The maximum Gasteiger partial charge on any atom is 0.308 e. The number of aliphatic carboxylic acids is 1. The first kappa shape index (κ1) is 24.5. The van der Waals surface area contributed by atoms with Gasteiger partial charge in [0.1, 0.15) is 5.75 Å². The number of carboxylic acid groups (broad SMARTS) is 1. The first-order chi connectivity index (χ1) is 16.4. The summed E-state index contributed by atoms with van der Waals surface area (Å²) in [5, 5.41) is 21.7. The first-order valence-corrected chi connectivity index (χ1v) is 12.4. The number of aliphatic hydroxyl groups excluding tert-OH is 1. The van der Waals surface area contributed by atoms with Crippen molar-refractivity contribution in [1.82, 2.24) is 9.88 Å². The Morgan fingerprint density at radius 2 is 2.21 bits per heavy atom. The minimum Gasteiger partial charge on any atom is -0.497 e. The van der Waals surface area contributed by atoms with Gasteiger partial charge in [-0.1, -0.05) is 23.4 Å². The Morgan fingerprint density at radius 1 is 1.35 bits per heavy atom. The van der Waals surface area contributed by atoms with Gasteiger partial charge in [0, 0.05) is 18.1 Å². The molecule has 6 nitrogen and oxygen atoms in total. The third kappa shape index (κ3) is 5.89. The predicted octanol–water partition coefficient (Wildman–Crippen LogP) is 4.85. The topological polar surface area (TPSA) is 82.9 Å². The molecule has 3 atom stereocenters. The number of nitrogens with zero attached hydrogens (tertiary/aromatic N) is 2. The van der Waals surface area contributed by atoms with E-state index in [1.54, 1.807) is 13.3 Å². The minimum absolute atomic E-state index is 0.00935. The van der Waals surface area contributed by atoms with E-state index in [1.165, 1.54) is 11.3 Å². The highest BCUT2D eigenvalue weighted by molar-refractivity contribution is 7.16. The highest BCUT2D eigenvalue weighted by atomic mass is 35.5. The van der Waals surface area contributed by atoms with Gasteiger partial charge in [-0.05, 0) is 73.7 Å².